The monoisotopic (exact) mass is 419 g/mol. The molecular weight excluding hydrogens is 394 g/mol. The van der Waals surface area contributed by atoms with Crippen molar-refractivity contribution in [2.75, 3.05) is 12.3 Å². The van der Waals surface area contributed by atoms with E-state index in [4.69, 9.17) is 10.5 Å². The molecule has 0 radical (unpaired) electrons. The summed E-state index contributed by atoms with van der Waals surface area (Å²) in [6, 6.07) is 1.84. The molecule has 0 saturated carbocycles. The lowest BCUT2D eigenvalue weighted by Crippen LogP contribution is -2.43. The highest BCUT2D eigenvalue weighted by Gasteiger charge is 2.23. The third-order valence-electron chi connectivity index (χ3n) is 5.09. The first kappa shape index (κ1) is 21.0. The van der Waals surface area contributed by atoms with Crippen molar-refractivity contribution in [3.63, 3.8) is 0 Å². The number of carbonyl (C=O) groups is 2. The first-order valence-corrected chi connectivity index (χ1v) is 10.6. The molecule has 0 fully saturated rings. The molecule has 2 aromatic rings. The van der Waals surface area contributed by atoms with Crippen LogP contribution in [0.2, 0.25) is 0 Å². The number of aryl methyl sites for hydroxylation is 2. The summed E-state index contributed by atoms with van der Waals surface area (Å²) in [7, 11) is 1.29. The van der Waals surface area contributed by atoms with Crippen LogP contribution >= 0.6 is 11.3 Å². The Balaban J connectivity index is 1.78. The van der Waals surface area contributed by atoms with Gasteiger partial charge < -0.3 is 10.5 Å². The molecule has 2 N–H and O–H groups in total. The van der Waals surface area contributed by atoms with E-state index in [1.807, 2.05) is 13.0 Å². The minimum Gasteiger partial charge on any atom is -0.453 e. The Labute approximate surface area is 171 Å². The Kier molecular flexibility index (Phi) is 6.36. The number of anilines is 1. The predicted octanol–water partition coefficient (Wildman–Crippen LogP) is 1.91. The van der Waals surface area contributed by atoms with Crippen LogP contribution in [-0.2, 0) is 31.2 Å². The summed E-state index contributed by atoms with van der Waals surface area (Å²) < 4.78 is 7.20. The number of thiophene rings is 1. The Bertz CT molecular complexity index is 1040. The molecule has 9 heteroatoms. The maximum Gasteiger partial charge on any atom is 0.348 e. The number of rotatable bonds is 6. The van der Waals surface area contributed by atoms with Crippen LogP contribution < -0.4 is 17.0 Å². The maximum absolute atomic E-state index is 12.6. The number of hydrogen-bond acceptors (Lipinski definition) is 7. The van der Waals surface area contributed by atoms with E-state index in [0.717, 1.165) is 30.3 Å². The average Bonchev–Trinajstić information content (AvgIpc) is 2.98. The van der Waals surface area contributed by atoms with Gasteiger partial charge in [-0.3, -0.25) is 18.7 Å². The van der Waals surface area contributed by atoms with Gasteiger partial charge in [-0.2, -0.15) is 0 Å². The molecule has 0 aromatic carbocycles. The smallest absolute Gasteiger partial charge is 0.348 e. The van der Waals surface area contributed by atoms with E-state index in [9.17, 15) is 19.2 Å². The number of nitrogen functional groups attached to an aromatic ring is 1. The van der Waals surface area contributed by atoms with E-state index in [1.165, 1.54) is 39.8 Å². The molecule has 0 unspecified atom stereocenters. The number of nitrogens with two attached hydrogens (primary N) is 1. The number of hydrogen-bond donors (Lipinski definition) is 1. The van der Waals surface area contributed by atoms with Gasteiger partial charge in [0, 0.05) is 18.5 Å². The van der Waals surface area contributed by atoms with Gasteiger partial charge in [-0.1, -0.05) is 13.3 Å². The van der Waals surface area contributed by atoms with Crippen LogP contribution in [0.5, 0.6) is 0 Å². The van der Waals surface area contributed by atoms with Crippen molar-refractivity contribution < 1.29 is 14.3 Å². The standard InChI is InChI=1S/C20H25N3O5S/c1-3-9-23-17(21)16(18(25)22(2)20(23)27)13(24)11-28-19(26)15-10-12-7-5-4-6-8-14(12)29-15/h10H,3-9,11,21H2,1-2H3. The van der Waals surface area contributed by atoms with Gasteiger partial charge in [0.2, 0.25) is 5.78 Å². The molecule has 2 heterocycles. The van der Waals surface area contributed by atoms with Gasteiger partial charge >= 0.3 is 11.7 Å². The second-order valence-electron chi connectivity index (χ2n) is 7.18. The summed E-state index contributed by atoms with van der Waals surface area (Å²) in [5, 5.41) is 0. The lowest BCUT2D eigenvalue weighted by atomic mass is 10.1. The highest BCUT2D eigenvalue weighted by molar-refractivity contribution is 7.14. The van der Waals surface area contributed by atoms with Crippen LogP contribution in [-0.4, -0.2) is 27.5 Å². The quantitative estimate of drug-likeness (QED) is 0.435. The number of ketones is 1. The second-order valence-corrected chi connectivity index (χ2v) is 8.31. The molecule has 0 spiro atoms. The predicted molar refractivity (Wildman–Crippen MR) is 111 cm³/mol. The number of Topliss-reactive ketones (excluding diaryl/α,β-unsaturated/α-hetero) is 1. The Morgan fingerprint density at radius 2 is 1.93 bits per heavy atom. The number of aromatic nitrogens is 2. The maximum atomic E-state index is 12.6. The molecule has 0 bridgehead atoms. The average molecular weight is 420 g/mol. The van der Waals surface area contributed by atoms with Crippen molar-refractivity contribution in [1.29, 1.82) is 0 Å². The van der Waals surface area contributed by atoms with E-state index in [0.29, 0.717) is 11.3 Å². The first-order valence-electron chi connectivity index (χ1n) is 9.76. The van der Waals surface area contributed by atoms with Crippen LogP contribution in [0.1, 0.15) is 63.1 Å². The van der Waals surface area contributed by atoms with Crippen molar-refractivity contribution in [3.8, 4) is 0 Å². The molecule has 0 aliphatic heterocycles. The molecule has 1 aliphatic rings. The van der Waals surface area contributed by atoms with Gasteiger partial charge in [-0.05, 0) is 43.7 Å². The molecule has 3 rings (SSSR count). The van der Waals surface area contributed by atoms with E-state index < -0.39 is 29.6 Å². The number of ether oxygens (including phenoxy) is 1. The van der Waals surface area contributed by atoms with Crippen LogP contribution in [0.3, 0.4) is 0 Å². The van der Waals surface area contributed by atoms with Crippen molar-refractivity contribution in [2.24, 2.45) is 7.05 Å². The summed E-state index contributed by atoms with van der Waals surface area (Å²) in [6.07, 6.45) is 5.91. The van der Waals surface area contributed by atoms with Crippen molar-refractivity contribution in [3.05, 3.63) is 47.8 Å². The summed E-state index contributed by atoms with van der Waals surface area (Å²) in [5.74, 6) is -1.50. The highest BCUT2D eigenvalue weighted by Crippen LogP contribution is 2.29. The topological polar surface area (TPSA) is 113 Å². The van der Waals surface area contributed by atoms with E-state index in [1.54, 1.807) is 0 Å². The van der Waals surface area contributed by atoms with Crippen molar-refractivity contribution in [1.82, 2.24) is 9.13 Å². The van der Waals surface area contributed by atoms with E-state index >= 15 is 0 Å². The van der Waals surface area contributed by atoms with Gasteiger partial charge in [0.1, 0.15) is 16.3 Å². The molecule has 0 atom stereocenters. The molecule has 1 aliphatic carbocycles. The molecule has 0 amide bonds. The highest BCUT2D eigenvalue weighted by atomic mass is 32.1. The normalized spacial score (nSPS) is 13.6. The fraction of sp³-hybridized carbons (Fsp3) is 0.500. The van der Waals surface area contributed by atoms with Crippen LogP contribution in [0.4, 0.5) is 5.82 Å². The van der Waals surface area contributed by atoms with Crippen LogP contribution in [0, 0.1) is 0 Å². The zero-order chi connectivity index (χ0) is 21.1. The van der Waals surface area contributed by atoms with Gasteiger partial charge in [-0.15, -0.1) is 11.3 Å². The molecule has 0 saturated heterocycles. The molecular formula is C20H25N3O5S. The summed E-state index contributed by atoms with van der Waals surface area (Å²) in [4.78, 5) is 51.3. The minimum absolute atomic E-state index is 0.191. The van der Waals surface area contributed by atoms with Crippen molar-refractivity contribution >= 4 is 28.9 Å². The Hall–Kier alpha value is -2.68. The van der Waals surface area contributed by atoms with Crippen LogP contribution in [0.15, 0.2) is 15.7 Å². The summed E-state index contributed by atoms with van der Waals surface area (Å²) in [5.41, 5.74) is 5.41. The fourth-order valence-corrected chi connectivity index (χ4v) is 4.67. The molecule has 156 valence electrons. The number of fused-ring (bicyclic) bond motifs is 1. The summed E-state index contributed by atoms with van der Waals surface area (Å²) >= 11 is 1.40. The first-order chi connectivity index (χ1) is 13.8. The van der Waals surface area contributed by atoms with Gasteiger partial charge in [0.05, 0.1) is 0 Å². The lowest BCUT2D eigenvalue weighted by Gasteiger charge is -2.13. The third kappa shape index (κ3) is 4.19. The SMILES string of the molecule is CCCn1c(N)c(C(=O)COC(=O)c2cc3c(s2)CCCCC3)c(=O)n(C)c1=O. The molecule has 2 aromatic heterocycles. The number of nitrogens with zero attached hydrogens (tertiary/aromatic N) is 2. The summed E-state index contributed by atoms with van der Waals surface area (Å²) in [6.45, 7) is 1.52. The minimum atomic E-state index is -0.788. The largest absolute Gasteiger partial charge is 0.453 e. The number of esters is 1. The Morgan fingerprint density at radius 1 is 1.21 bits per heavy atom. The van der Waals surface area contributed by atoms with Crippen molar-refractivity contribution in [2.45, 2.75) is 52.0 Å². The molecule has 29 heavy (non-hydrogen) atoms. The van der Waals surface area contributed by atoms with Gasteiger partial charge in [-0.25, -0.2) is 9.59 Å². The van der Waals surface area contributed by atoms with E-state index in [2.05, 4.69) is 0 Å². The lowest BCUT2D eigenvalue weighted by molar-refractivity contribution is 0.0479. The zero-order valence-corrected chi connectivity index (χ0v) is 17.5. The van der Waals surface area contributed by atoms with Gasteiger partial charge in [0.25, 0.3) is 5.56 Å². The van der Waals surface area contributed by atoms with Crippen LogP contribution in [0.25, 0.3) is 0 Å². The van der Waals surface area contributed by atoms with Gasteiger partial charge in [0.15, 0.2) is 6.61 Å². The second kappa shape index (κ2) is 8.77. The number of carbonyl (C=O) groups excluding carboxylic acids is 2. The zero-order valence-electron chi connectivity index (χ0n) is 16.7. The molecule has 8 nitrogen and oxygen atoms in total. The third-order valence-corrected chi connectivity index (χ3v) is 6.31. The fourth-order valence-electron chi connectivity index (χ4n) is 3.53. The Morgan fingerprint density at radius 3 is 2.66 bits per heavy atom. The van der Waals surface area contributed by atoms with E-state index in [-0.39, 0.29) is 17.9 Å².